The molecule has 0 amide bonds. The second-order valence-electron chi connectivity index (χ2n) is 8.63. The molecule has 2 atom stereocenters. The Labute approximate surface area is 153 Å². The second kappa shape index (κ2) is 6.98. The van der Waals surface area contributed by atoms with E-state index in [-0.39, 0.29) is 0 Å². The molecule has 0 aromatic rings. The Morgan fingerprint density at radius 2 is 1.64 bits per heavy atom. The lowest BCUT2D eigenvalue weighted by molar-refractivity contribution is 0.437. The number of rotatable bonds is 3. The maximum absolute atomic E-state index is 2.50. The summed E-state index contributed by atoms with van der Waals surface area (Å²) < 4.78 is 0. The van der Waals surface area contributed by atoms with Crippen molar-refractivity contribution >= 4 is 0 Å². The maximum atomic E-state index is 2.50. The van der Waals surface area contributed by atoms with Gasteiger partial charge in [-0.25, -0.2) is 0 Å². The van der Waals surface area contributed by atoms with Gasteiger partial charge in [0.2, 0.25) is 0 Å². The van der Waals surface area contributed by atoms with Crippen molar-refractivity contribution in [2.24, 2.45) is 17.8 Å². The summed E-state index contributed by atoms with van der Waals surface area (Å²) in [5.74, 6) is 2.06. The lowest BCUT2D eigenvalue weighted by Crippen LogP contribution is -2.28. The first-order valence-corrected chi connectivity index (χ1v) is 10.3. The normalized spacial score (nSPS) is 28.8. The van der Waals surface area contributed by atoms with Crippen LogP contribution in [-0.2, 0) is 0 Å². The van der Waals surface area contributed by atoms with Crippen LogP contribution in [0.3, 0.4) is 0 Å². The van der Waals surface area contributed by atoms with Crippen LogP contribution in [0.1, 0.15) is 65.7 Å². The minimum Gasteiger partial charge on any atom is -0.0842 e. The lowest BCUT2D eigenvalue weighted by atomic mass is 9.63. The van der Waals surface area contributed by atoms with Crippen molar-refractivity contribution in [1.82, 2.24) is 0 Å². The Balaban J connectivity index is 1.85. The van der Waals surface area contributed by atoms with E-state index in [1.807, 2.05) is 0 Å². The molecule has 0 heteroatoms. The van der Waals surface area contributed by atoms with E-state index < -0.39 is 0 Å². The molecule has 0 aromatic heterocycles. The van der Waals surface area contributed by atoms with Gasteiger partial charge in [0.25, 0.3) is 0 Å². The fourth-order valence-electron chi connectivity index (χ4n) is 5.45. The predicted octanol–water partition coefficient (Wildman–Crippen LogP) is 7.24. The lowest BCUT2D eigenvalue weighted by Gasteiger charge is -2.41. The van der Waals surface area contributed by atoms with Crippen LogP contribution in [0, 0.1) is 17.8 Å². The highest BCUT2D eigenvalue weighted by atomic mass is 14.4. The van der Waals surface area contributed by atoms with Gasteiger partial charge in [0.05, 0.1) is 0 Å². The molecular formula is C25H32. The number of hydrogen-bond acceptors (Lipinski definition) is 0. The van der Waals surface area contributed by atoms with E-state index in [0.717, 1.165) is 5.92 Å². The second-order valence-corrected chi connectivity index (χ2v) is 8.63. The highest BCUT2D eigenvalue weighted by Crippen LogP contribution is 2.50. The molecule has 25 heavy (non-hydrogen) atoms. The average molecular weight is 333 g/mol. The van der Waals surface area contributed by atoms with E-state index in [2.05, 4.69) is 57.2 Å². The molecule has 0 fully saturated rings. The Kier molecular flexibility index (Phi) is 4.71. The summed E-state index contributed by atoms with van der Waals surface area (Å²) in [5.41, 5.74) is 9.93. The predicted molar refractivity (Wildman–Crippen MR) is 108 cm³/mol. The van der Waals surface area contributed by atoms with E-state index in [4.69, 9.17) is 0 Å². The van der Waals surface area contributed by atoms with Crippen LogP contribution < -0.4 is 0 Å². The molecule has 132 valence electrons. The summed E-state index contributed by atoms with van der Waals surface area (Å²) in [6, 6.07) is 0. The minimum absolute atomic E-state index is 0.621. The first-order chi connectivity index (χ1) is 12.2. The number of hydrogen-bond donors (Lipinski definition) is 0. The molecule has 4 rings (SSSR count). The van der Waals surface area contributed by atoms with Crippen molar-refractivity contribution in [3.8, 4) is 0 Å². The van der Waals surface area contributed by atoms with Crippen molar-refractivity contribution < 1.29 is 0 Å². The van der Waals surface area contributed by atoms with Gasteiger partial charge in [-0.3, -0.25) is 0 Å². The van der Waals surface area contributed by atoms with Gasteiger partial charge >= 0.3 is 0 Å². The zero-order valence-corrected chi connectivity index (χ0v) is 16.1. The maximum Gasteiger partial charge on any atom is 0.0120 e. The van der Waals surface area contributed by atoms with Crippen LogP contribution in [-0.4, -0.2) is 0 Å². The summed E-state index contributed by atoms with van der Waals surface area (Å²) in [4.78, 5) is 0. The van der Waals surface area contributed by atoms with E-state index in [1.165, 1.54) is 44.9 Å². The molecule has 0 N–H and O–H groups in total. The van der Waals surface area contributed by atoms with Crippen LogP contribution in [0.2, 0.25) is 0 Å². The Bertz CT molecular complexity index is 730. The third kappa shape index (κ3) is 3.05. The molecule has 4 aliphatic rings. The molecule has 2 unspecified atom stereocenters. The smallest absolute Gasteiger partial charge is 0.0120 e. The van der Waals surface area contributed by atoms with Gasteiger partial charge in [-0.2, -0.15) is 0 Å². The fourth-order valence-corrected chi connectivity index (χ4v) is 5.45. The Hall–Kier alpha value is -1.56. The van der Waals surface area contributed by atoms with Crippen molar-refractivity contribution in [2.45, 2.75) is 65.7 Å². The third-order valence-electron chi connectivity index (χ3n) is 6.48. The zero-order chi connectivity index (χ0) is 17.4. The van der Waals surface area contributed by atoms with Crippen molar-refractivity contribution in [3.63, 3.8) is 0 Å². The molecular weight excluding hydrogens is 300 g/mol. The summed E-state index contributed by atoms with van der Waals surface area (Å²) in [6.45, 7) is 7.18. The van der Waals surface area contributed by atoms with Gasteiger partial charge in [-0.1, -0.05) is 61.4 Å². The fraction of sp³-hybridized carbons (Fsp3) is 0.520. The van der Waals surface area contributed by atoms with E-state index in [0.29, 0.717) is 11.8 Å². The van der Waals surface area contributed by atoms with Crippen molar-refractivity contribution in [2.75, 3.05) is 0 Å². The molecule has 4 aliphatic carbocycles. The van der Waals surface area contributed by atoms with Gasteiger partial charge in [0, 0.05) is 5.92 Å². The first kappa shape index (κ1) is 16.9. The van der Waals surface area contributed by atoms with E-state index >= 15 is 0 Å². The summed E-state index contributed by atoms with van der Waals surface area (Å²) in [5, 5.41) is 0. The van der Waals surface area contributed by atoms with E-state index in [9.17, 15) is 0 Å². The minimum atomic E-state index is 0.621. The molecule has 0 saturated carbocycles. The summed E-state index contributed by atoms with van der Waals surface area (Å²) in [6.07, 6.45) is 23.3. The Morgan fingerprint density at radius 1 is 0.920 bits per heavy atom. The average Bonchev–Trinajstić information content (AvgIpc) is 2.63. The quantitative estimate of drug-likeness (QED) is 0.511. The first-order valence-electron chi connectivity index (χ1n) is 10.3. The van der Waals surface area contributed by atoms with Gasteiger partial charge in [0.1, 0.15) is 0 Å². The molecule has 0 spiro atoms. The van der Waals surface area contributed by atoms with Gasteiger partial charge in [0.15, 0.2) is 0 Å². The van der Waals surface area contributed by atoms with Gasteiger partial charge in [-0.05, 0) is 86.0 Å². The van der Waals surface area contributed by atoms with Crippen molar-refractivity contribution in [1.29, 1.82) is 0 Å². The molecule has 0 heterocycles. The standard InChI is InChI=1S/C25H32/c1-17(2)16-19-10-4-5-12-21(19)25-18(3)20-11-6-7-13-22(20)23-14-8-9-15-24(23)25/h5,7-8,12-14,17,24-25H,4,6,9-11,15-16H2,1-3H3. The molecule has 0 nitrogen and oxygen atoms in total. The van der Waals surface area contributed by atoms with E-state index in [1.54, 1.807) is 33.4 Å². The Morgan fingerprint density at radius 3 is 2.48 bits per heavy atom. The zero-order valence-electron chi connectivity index (χ0n) is 16.1. The summed E-state index contributed by atoms with van der Waals surface area (Å²) >= 11 is 0. The van der Waals surface area contributed by atoms with Gasteiger partial charge in [-0.15, -0.1) is 0 Å². The largest absolute Gasteiger partial charge is 0.0842 e. The topological polar surface area (TPSA) is 0 Å². The van der Waals surface area contributed by atoms with Crippen LogP contribution in [0.4, 0.5) is 0 Å². The highest BCUT2D eigenvalue weighted by molar-refractivity contribution is 5.58. The van der Waals surface area contributed by atoms with Gasteiger partial charge < -0.3 is 0 Å². The molecule has 0 radical (unpaired) electrons. The van der Waals surface area contributed by atoms with Crippen LogP contribution in [0.15, 0.2) is 69.9 Å². The third-order valence-corrected chi connectivity index (χ3v) is 6.48. The number of allylic oxidation sites excluding steroid dienone is 12. The van der Waals surface area contributed by atoms with Crippen molar-refractivity contribution in [3.05, 3.63) is 69.9 Å². The molecule has 0 aliphatic heterocycles. The molecule has 0 bridgehead atoms. The molecule has 0 aromatic carbocycles. The summed E-state index contributed by atoms with van der Waals surface area (Å²) in [7, 11) is 0. The monoisotopic (exact) mass is 332 g/mol. The van der Waals surface area contributed by atoms with Crippen LogP contribution in [0.5, 0.6) is 0 Å². The number of fused-ring (bicyclic) bond motifs is 2. The molecule has 0 saturated heterocycles. The van der Waals surface area contributed by atoms with Crippen LogP contribution in [0.25, 0.3) is 0 Å². The highest BCUT2D eigenvalue weighted by Gasteiger charge is 2.37. The SMILES string of the molecule is CC1=C2CCC=CC2=C2C=CCCC2C1C1=C(CC(C)C)CCC=C1. The van der Waals surface area contributed by atoms with Crippen LogP contribution >= 0.6 is 0 Å².